The van der Waals surface area contributed by atoms with E-state index in [0.717, 1.165) is 16.3 Å². The van der Waals surface area contributed by atoms with Gasteiger partial charge in [0.2, 0.25) is 5.91 Å². The first-order valence-electron chi connectivity index (χ1n) is 12.2. The average molecular weight is 489 g/mol. The van der Waals surface area contributed by atoms with E-state index in [0.29, 0.717) is 17.7 Å². The van der Waals surface area contributed by atoms with Gasteiger partial charge in [0, 0.05) is 5.56 Å². The number of ether oxygens (including phenoxy) is 2. The van der Waals surface area contributed by atoms with Crippen molar-refractivity contribution in [2.45, 2.75) is 39.0 Å². The van der Waals surface area contributed by atoms with Gasteiger partial charge in [-0.15, -0.1) is 0 Å². The van der Waals surface area contributed by atoms with Crippen molar-refractivity contribution in [1.82, 2.24) is 10.2 Å². The number of methoxy groups -OCH3 is 1. The predicted molar refractivity (Wildman–Crippen MR) is 138 cm³/mol. The maximum Gasteiger partial charge on any atom is 0.251 e. The van der Waals surface area contributed by atoms with E-state index in [-0.39, 0.29) is 43.2 Å². The molecule has 3 aromatic carbocycles. The highest BCUT2D eigenvalue weighted by molar-refractivity contribution is 6.01. The first-order valence-corrected chi connectivity index (χ1v) is 12.2. The van der Waals surface area contributed by atoms with Gasteiger partial charge in [0.05, 0.1) is 26.8 Å². The molecule has 0 spiro atoms. The molecule has 3 aromatic rings. The molecule has 0 aliphatic carbocycles. The van der Waals surface area contributed by atoms with E-state index >= 15 is 0 Å². The van der Waals surface area contributed by atoms with Crippen molar-refractivity contribution in [2.24, 2.45) is 5.92 Å². The van der Waals surface area contributed by atoms with Crippen LogP contribution < -0.4 is 10.1 Å². The van der Waals surface area contributed by atoms with Gasteiger partial charge in [-0.2, -0.15) is 0 Å². The molecule has 188 valence electrons. The highest BCUT2D eigenvalue weighted by Crippen LogP contribution is 2.19. The fourth-order valence-electron chi connectivity index (χ4n) is 4.41. The maximum atomic E-state index is 13.4. The van der Waals surface area contributed by atoms with Crippen molar-refractivity contribution in [3.63, 3.8) is 0 Å². The summed E-state index contributed by atoms with van der Waals surface area (Å²) in [4.78, 5) is 40.6. The third-order valence-electron chi connectivity index (χ3n) is 6.31. The second-order valence-corrected chi connectivity index (χ2v) is 9.55. The molecule has 0 saturated carbocycles. The SMILES string of the molecule is COc1cccc(COC2CN(C(=O)C(CC(C)C)NC(=O)c3ccc4ccccc4c3)CC2=O)c1. The average Bonchev–Trinajstić information content (AvgIpc) is 3.26. The van der Waals surface area contributed by atoms with Gasteiger partial charge >= 0.3 is 0 Å². The molecule has 0 bridgehead atoms. The highest BCUT2D eigenvalue weighted by Gasteiger charge is 2.37. The summed E-state index contributed by atoms with van der Waals surface area (Å²) in [6.45, 7) is 4.38. The highest BCUT2D eigenvalue weighted by atomic mass is 16.5. The van der Waals surface area contributed by atoms with E-state index in [1.807, 2.05) is 74.5 Å². The van der Waals surface area contributed by atoms with Gasteiger partial charge in [-0.3, -0.25) is 14.4 Å². The van der Waals surface area contributed by atoms with Crippen LogP contribution in [0, 0.1) is 5.92 Å². The number of ketones is 1. The number of fused-ring (bicyclic) bond motifs is 1. The molecule has 1 fully saturated rings. The first-order chi connectivity index (χ1) is 17.3. The maximum absolute atomic E-state index is 13.4. The van der Waals surface area contributed by atoms with Gasteiger partial charge in [-0.25, -0.2) is 0 Å². The van der Waals surface area contributed by atoms with E-state index < -0.39 is 12.1 Å². The summed E-state index contributed by atoms with van der Waals surface area (Å²) in [5, 5.41) is 4.91. The Morgan fingerprint density at radius 2 is 1.81 bits per heavy atom. The molecule has 1 aliphatic heterocycles. The number of Topliss-reactive ketones (excluding diaryl/α,β-unsaturated/α-hetero) is 1. The smallest absolute Gasteiger partial charge is 0.251 e. The van der Waals surface area contributed by atoms with Gasteiger partial charge in [0.15, 0.2) is 5.78 Å². The van der Waals surface area contributed by atoms with Gasteiger partial charge in [0.25, 0.3) is 5.91 Å². The van der Waals surface area contributed by atoms with Crippen LogP contribution in [0.3, 0.4) is 0 Å². The summed E-state index contributed by atoms with van der Waals surface area (Å²) >= 11 is 0. The van der Waals surface area contributed by atoms with Gasteiger partial charge < -0.3 is 19.7 Å². The van der Waals surface area contributed by atoms with Crippen LogP contribution in [0.5, 0.6) is 5.75 Å². The fraction of sp³-hybridized carbons (Fsp3) is 0.345. The van der Waals surface area contributed by atoms with Crippen molar-refractivity contribution >= 4 is 28.4 Å². The van der Waals surface area contributed by atoms with E-state index in [9.17, 15) is 14.4 Å². The Labute approximate surface area is 211 Å². The minimum Gasteiger partial charge on any atom is -0.497 e. The molecule has 2 atom stereocenters. The second kappa shape index (κ2) is 11.4. The zero-order chi connectivity index (χ0) is 25.7. The second-order valence-electron chi connectivity index (χ2n) is 9.55. The van der Waals surface area contributed by atoms with Crippen LogP contribution in [0.2, 0.25) is 0 Å². The molecule has 1 aliphatic rings. The van der Waals surface area contributed by atoms with Crippen LogP contribution in [-0.4, -0.2) is 54.8 Å². The molecule has 1 saturated heterocycles. The zero-order valence-corrected chi connectivity index (χ0v) is 20.9. The van der Waals surface area contributed by atoms with Crippen LogP contribution in [0.4, 0.5) is 0 Å². The normalized spacial score (nSPS) is 16.4. The predicted octanol–water partition coefficient (Wildman–Crippen LogP) is 3.99. The number of carbonyl (C=O) groups is 3. The molecular weight excluding hydrogens is 456 g/mol. The minimum absolute atomic E-state index is 0.0257. The lowest BCUT2D eigenvalue weighted by molar-refractivity contribution is -0.133. The van der Waals surface area contributed by atoms with E-state index in [4.69, 9.17) is 9.47 Å². The summed E-state index contributed by atoms with van der Waals surface area (Å²) in [6.07, 6.45) is -0.228. The summed E-state index contributed by atoms with van der Waals surface area (Å²) in [6, 6.07) is 20.0. The number of hydrogen-bond acceptors (Lipinski definition) is 5. The van der Waals surface area contributed by atoms with Gasteiger partial charge in [0.1, 0.15) is 17.9 Å². The molecule has 7 heteroatoms. The lowest BCUT2D eigenvalue weighted by atomic mass is 10.0. The van der Waals surface area contributed by atoms with Crippen molar-refractivity contribution < 1.29 is 23.9 Å². The minimum atomic E-state index is -0.728. The fourth-order valence-corrected chi connectivity index (χ4v) is 4.41. The molecule has 1 heterocycles. The Hall–Kier alpha value is -3.71. The van der Waals surface area contributed by atoms with Crippen molar-refractivity contribution in [2.75, 3.05) is 20.2 Å². The quantitative estimate of drug-likeness (QED) is 0.492. The molecule has 1 N–H and O–H groups in total. The number of nitrogens with one attached hydrogen (secondary N) is 1. The first kappa shape index (κ1) is 25.4. The van der Waals surface area contributed by atoms with Gasteiger partial charge in [-0.05, 0) is 52.9 Å². The van der Waals surface area contributed by atoms with Crippen LogP contribution in [0.1, 0.15) is 36.2 Å². The third-order valence-corrected chi connectivity index (χ3v) is 6.31. The van der Waals surface area contributed by atoms with Crippen LogP contribution in [-0.2, 0) is 20.9 Å². The summed E-state index contributed by atoms with van der Waals surface area (Å²) in [5.74, 6) is 0.170. The van der Waals surface area contributed by atoms with Crippen LogP contribution in [0.25, 0.3) is 10.8 Å². The molecule has 4 rings (SSSR count). The van der Waals surface area contributed by atoms with Crippen molar-refractivity contribution in [1.29, 1.82) is 0 Å². The molecule has 36 heavy (non-hydrogen) atoms. The monoisotopic (exact) mass is 488 g/mol. The summed E-state index contributed by atoms with van der Waals surface area (Å²) in [7, 11) is 1.59. The third kappa shape index (κ3) is 6.10. The lowest BCUT2D eigenvalue weighted by Crippen LogP contribution is -2.48. The largest absolute Gasteiger partial charge is 0.497 e. The van der Waals surface area contributed by atoms with Crippen LogP contribution >= 0.6 is 0 Å². The number of likely N-dealkylation sites (tertiary alicyclic amines) is 1. The summed E-state index contributed by atoms with van der Waals surface area (Å²) in [5.41, 5.74) is 1.37. The number of hydrogen-bond donors (Lipinski definition) is 1. The van der Waals surface area contributed by atoms with Crippen molar-refractivity contribution in [3.8, 4) is 5.75 Å². The summed E-state index contributed by atoms with van der Waals surface area (Å²) < 4.78 is 11.1. The Morgan fingerprint density at radius 3 is 2.56 bits per heavy atom. The molecule has 2 amide bonds. The van der Waals surface area contributed by atoms with Crippen LogP contribution in [0.15, 0.2) is 66.7 Å². The van der Waals surface area contributed by atoms with Crippen molar-refractivity contribution in [3.05, 3.63) is 77.9 Å². The Kier molecular flexibility index (Phi) is 8.00. The topological polar surface area (TPSA) is 84.9 Å². The number of rotatable bonds is 9. The van der Waals surface area contributed by atoms with E-state index in [1.165, 1.54) is 4.90 Å². The molecular formula is C29H32N2O5. The number of carbonyl (C=O) groups excluding carboxylic acids is 3. The van der Waals surface area contributed by atoms with Gasteiger partial charge in [-0.1, -0.05) is 56.3 Å². The Bertz CT molecular complexity index is 1260. The number of amides is 2. The lowest BCUT2D eigenvalue weighted by Gasteiger charge is -2.25. The number of benzene rings is 3. The molecule has 2 unspecified atom stereocenters. The van der Waals surface area contributed by atoms with E-state index in [2.05, 4.69) is 5.32 Å². The molecule has 0 radical (unpaired) electrons. The molecule has 7 nitrogen and oxygen atoms in total. The standard InChI is InChI=1S/C29H32N2O5/c1-19(2)13-25(30-28(33)23-12-11-21-8-4-5-9-22(21)15-23)29(34)31-16-26(32)27(17-31)36-18-20-7-6-10-24(14-20)35-3/h4-12,14-15,19,25,27H,13,16-18H2,1-3H3,(H,30,33). The zero-order valence-electron chi connectivity index (χ0n) is 20.9. The Morgan fingerprint density at radius 1 is 1.03 bits per heavy atom. The van der Waals surface area contributed by atoms with E-state index in [1.54, 1.807) is 13.2 Å². The Balaban J connectivity index is 1.41. The molecule has 0 aromatic heterocycles. The number of nitrogens with zero attached hydrogens (tertiary/aromatic N) is 1.